The molecule has 1 N–H and O–H groups in total. The van der Waals surface area contributed by atoms with Crippen molar-refractivity contribution < 1.29 is 4.74 Å². The summed E-state index contributed by atoms with van der Waals surface area (Å²) in [6, 6.07) is 15.7. The summed E-state index contributed by atoms with van der Waals surface area (Å²) in [5.74, 6) is 0.877. The highest BCUT2D eigenvalue weighted by molar-refractivity contribution is 9.10. The van der Waals surface area contributed by atoms with Crippen molar-refractivity contribution in [2.24, 2.45) is 0 Å². The van der Waals surface area contributed by atoms with E-state index in [9.17, 15) is 0 Å². The maximum Gasteiger partial charge on any atom is 0.120 e. The molecule has 0 aliphatic heterocycles. The van der Waals surface area contributed by atoms with E-state index in [1.165, 1.54) is 5.56 Å². The molecule has 2 aromatic carbocycles. The Morgan fingerprint density at radius 2 is 1.89 bits per heavy atom. The van der Waals surface area contributed by atoms with Crippen LogP contribution in [0.25, 0.3) is 0 Å². The highest BCUT2D eigenvalue weighted by Gasteiger charge is 1.95. The molecule has 4 heteroatoms. The fourth-order valence-corrected chi connectivity index (χ4v) is 2.14. The number of hydrogen-bond acceptors (Lipinski definition) is 2. The van der Waals surface area contributed by atoms with Gasteiger partial charge in [-0.15, -0.1) is 0 Å². The Hall–Kier alpha value is -1.03. The number of nitrogens with one attached hydrogen (secondary N) is 1. The van der Waals surface area contributed by atoms with Crippen molar-refractivity contribution in [3.63, 3.8) is 0 Å². The minimum Gasteiger partial charge on any atom is -0.492 e. The number of benzene rings is 2. The fourth-order valence-electron chi connectivity index (χ4n) is 1.63. The molecule has 2 nitrogen and oxygen atoms in total. The van der Waals surface area contributed by atoms with Crippen molar-refractivity contribution in [1.82, 2.24) is 5.32 Å². The molecule has 0 atom stereocenters. The zero-order valence-electron chi connectivity index (χ0n) is 10.4. The Balaban J connectivity index is 1.66. The molecule has 0 aromatic heterocycles. The normalized spacial score (nSPS) is 10.4. The molecule has 0 amide bonds. The average Bonchev–Trinajstić information content (AvgIpc) is 2.41. The van der Waals surface area contributed by atoms with E-state index >= 15 is 0 Å². The molecule has 2 aromatic rings. The molecule has 0 radical (unpaired) electrons. The molecule has 0 fully saturated rings. The third-order valence-electron chi connectivity index (χ3n) is 2.59. The molecule has 19 heavy (non-hydrogen) atoms. The summed E-state index contributed by atoms with van der Waals surface area (Å²) in [5, 5.41) is 4.09. The zero-order chi connectivity index (χ0) is 13.5. The lowest BCUT2D eigenvalue weighted by Crippen LogP contribution is -2.20. The van der Waals surface area contributed by atoms with Gasteiger partial charge in [0, 0.05) is 22.6 Å². The summed E-state index contributed by atoms with van der Waals surface area (Å²) in [6.45, 7) is 2.26. The molecule has 0 spiro atoms. The summed E-state index contributed by atoms with van der Waals surface area (Å²) >= 11 is 9.25. The van der Waals surface area contributed by atoms with Crippen molar-refractivity contribution in [2.75, 3.05) is 13.2 Å². The summed E-state index contributed by atoms with van der Waals surface area (Å²) in [7, 11) is 0. The summed E-state index contributed by atoms with van der Waals surface area (Å²) in [6.07, 6.45) is 0. The number of rotatable bonds is 6. The first kappa shape index (κ1) is 14.4. The second-order valence-electron chi connectivity index (χ2n) is 4.11. The molecule has 0 aliphatic rings. The number of ether oxygens (including phenoxy) is 1. The highest BCUT2D eigenvalue weighted by atomic mass is 79.9. The summed E-state index contributed by atoms with van der Waals surface area (Å²) in [4.78, 5) is 0. The quantitative estimate of drug-likeness (QED) is 0.793. The molecule has 0 saturated heterocycles. The van der Waals surface area contributed by atoms with Crippen LogP contribution in [0.5, 0.6) is 5.75 Å². The number of hydrogen-bond donors (Lipinski definition) is 1. The Morgan fingerprint density at radius 3 is 2.63 bits per heavy atom. The third-order valence-corrected chi connectivity index (χ3v) is 3.33. The lowest BCUT2D eigenvalue weighted by Gasteiger charge is -2.08. The summed E-state index contributed by atoms with van der Waals surface area (Å²) in [5.41, 5.74) is 1.21. The first-order valence-corrected chi connectivity index (χ1v) is 7.25. The first-order chi connectivity index (χ1) is 9.24. The van der Waals surface area contributed by atoms with Crippen LogP contribution in [0.15, 0.2) is 53.0 Å². The maximum atomic E-state index is 5.83. The van der Waals surface area contributed by atoms with Crippen molar-refractivity contribution in [3.05, 3.63) is 63.6 Å². The van der Waals surface area contributed by atoms with Gasteiger partial charge in [-0.05, 0) is 35.9 Å². The first-order valence-electron chi connectivity index (χ1n) is 6.07. The van der Waals surface area contributed by atoms with Gasteiger partial charge >= 0.3 is 0 Å². The number of halogens is 2. The third kappa shape index (κ3) is 5.23. The van der Waals surface area contributed by atoms with Crippen LogP contribution in [0, 0.1) is 0 Å². The molecular formula is C15H15BrClNO. The standard InChI is InChI=1S/C15H15BrClNO/c16-13-2-1-3-15(10-13)19-9-8-18-11-12-4-6-14(17)7-5-12/h1-7,10,18H,8-9,11H2. The van der Waals surface area contributed by atoms with Crippen molar-refractivity contribution in [3.8, 4) is 5.75 Å². The molecule has 100 valence electrons. The van der Waals surface area contributed by atoms with Gasteiger partial charge in [-0.3, -0.25) is 0 Å². The predicted molar refractivity (Wildman–Crippen MR) is 82.8 cm³/mol. The van der Waals surface area contributed by atoms with E-state index in [-0.39, 0.29) is 0 Å². The van der Waals surface area contributed by atoms with Crippen molar-refractivity contribution in [2.45, 2.75) is 6.54 Å². The van der Waals surface area contributed by atoms with Gasteiger partial charge in [-0.1, -0.05) is 45.7 Å². The molecule has 0 unspecified atom stereocenters. The highest BCUT2D eigenvalue weighted by Crippen LogP contribution is 2.17. The molecule has 0 saturated carbocycles. The fraction of sp³-hybridized carbons (Fsp3) is 0.200. The van der Waals surface area contributed by atoms with Gasteiger partial charge in [0.15, 0.2) is 0 Å². The van der Waals surface area contributed by atoms with Gasteiger partial charge in [0.1, 0.15) is 12.4 Å². The second kappa shape index (κ2) is 7.53. The van der Waals surface area contributed by atoms with Crippen LogP contribution in [-0.2, 0) is 6.54 Å². The van der Waals surface area contributed by atoms with E-state index < -0.39 is 0 Å². The smallest absolute Gasteiger partial charge is 0.120 e. The Morgan fingerprint density at radius 1 is 1.11 bits per heavy atom. The van der Waals surface area contributed by atoms with Crippen LogP contribution in [0.1, 0.15) is 5.56 Å². The van der Waals surface area contributed by atoms with Gasteiger partial charge in [0.05, 0.1) is 0 Å². The van der Waals surface area contributed by atoms with Gasteiger partial charge < -0.3 is 10.1 Å². The van der Waals surface area contributed by atoms with Gasteiger partial charge in [-0.2, -0.15) is 0 Å². The lowest BCUT2D eigenvalue weighted by molar-refractivity contribution is 0.313. The van der Waals surface area contributed by atoms with Crippen molar-refractivity contribution >= 4 is 27.5 Å². The SMILES string of the molecule is Clc1ccc(CNCCOc2cccc(Br)c2)cc1. The van der Waals surface area contributed by atoms with Gasteiger partial charge in [0.25, 0.3) is 0 Å². The Kier molecular flexibility index (Phi) is 5.70. The van der Waals surface area contributed by atoms with Crippen LogP contribution in [0.4, 0.5) is 0 Å². The molecule has 0 heterocycles. The van der Waals surface area contributed by atoms with Crippen LogP contribution in [0.3, 0.4) is 0 Å². The van der Waals surface area contributed by atoms with E-state index in [1.807, 2.05) is 48.5 Å². The van der Waals surface area contributed by atoms with Crippen LogP contribution >= 0.6 is 27.5 Å². The van der Waals surface area contributed by atoms with E-state index in [2.05, 4.69) is 21.2 Å². The minimum atomic E-state index is 0.643. The molecule has 0 aliphatic carbocycles. The van der Waals surface area contributed by atoms with E-state index in [0.29, 0.717) is 6.61 Å². The summed E-state index contributed by atoms with van der Waals surface area (Å²) < 4.78 is 6.66. The Bertz CT molecular complexity index is 516. The van der Waals surface area contributed by atoms with Crippen LogP contribution in [0.2, 0.25) is 5.02 Å². The van der Waals surface area contributed by atoms with Crippen LogP contribution in [-0.4, -0.2) is 13.2 Å². The monoisotopic (exact) mass is 339 g/mol. The van der Waals surface area contributed by atoms with Crippen LogP contribution < -0.4 is 10.1 Å². The topological polar surface area (TPSA) is 21.3 Å². The predicted octanol–water partition coefficient (Wildman–Crippen LogP) is 4.27. The van der Waals surface area contributed by atoms with Crippen molar-refractivity contribution in [1.29, 1.82) is 0 Å². The molecule has 0 bridgehead atoms. The molecule has 2 rings (SSSR count). The Labute approximate surface area is 126 Å². The molecular weight excluding hydrogens is 326 g/mol. The minimum absolute atomic E-state index is 0.643. The van der Waals surface area contributed by atoms with Gasteiger partial charge in [-0.25, -0.2) is 0 Å². The van der Waals surface area contributed by atoms with E-state index in [4.69, 9.17) is 16.3 Å². The van der Waals surface area contributed by atoms with E-state index in [1.54, 1.807) is 0 Å². The van der Waals surface area contributed by atoms with Gasteiger partial charge in [0.2, 0.25) is 0 Å². The largest absolute Gasteiger partial charge is 0.492 e. The second-order valence-corrected chi connectivity index (χ2v) is 5.46. The lowest BCUT2D eigenvalue weighted by atomic mass is 10.2. The zero-order valence-corrected chi connectivity index (χ0v) is 12.7. The van der Waals surface area contributed by atoms with E-state index in [0.717, 1.165) is 28.3 Å². The average molecular weight is 341 g/mol. The maximum absolute atomic E-state index is 5.83.